The maximum Gasteiger partial charge on any atom is 0.241 e. The van der Waals surface area contributed by atoms with Gasteiger partial charge in [-0.1, -0.05) is 29.8 Å². The number of nitrogens with two attached hydrogens (primary N) is 1. The molecule has 27 heavy (non-hydrogen) atoms. The second kappa shape index (κ2) is 8.33. The molecule has 3 N–H and O–H groups in total. The van der Waals surface area contributed by atoms with E-state index in [1.165, 1.54) is 6.07 Å². The van der Waals surface area contributed by atoms with Crippen LogP contribution in [0.2, 0.25) is 5.02 Å². The monoisotopic (exact) mass is 394 g/mol. The third kappa shape index (κ3) is 4.46. The first-order valence-corrected chi connectivity index (χ1v) is 9.11. The summed E-state index contributed by atoms with van der Waals surface area (Å²) in [5.74, 6) is -2.07. The Balaban J connectivity index is 1.75. The summed E-state index contributed by atoms with van der Waals surface area (Å²) in [4.78, 5) is 12.5. The highest BCUT2D eigenvalue weighted by Crippen LogP contribution is 2.35. The van der Waals surface area contributed by atoms with Crippen LogP contribution in [0.4, 0.5) is 8.78 Å². The summed E-state index contributed by atoms with van der Waals surface area (Å²) < 4.78 is 32.4. The van der Waals surface area contributed by atoms with Crippen LogP contribution in [0, 0.1) is 11.6 Å². The molecule has 1 aliphatic heterocycles. The molecule has 0 saturated carbocycles. The van der Waals surface area contributed by atoms with Crippen LogP contribution in [0.5, 0.6) is 0 Å². The van der Waals surface area contributed by atoms with Crippen molar-refractivity contribution in [2.24, 2.45) is 5.73 Å². The van der Waals surface area contributed by atoms with E-state index in [-0.39, 0.29) is 11.0 Å². The van der Waals surface area contributed by atoms with E-state index in [0.29, 0.717) is 24.8 Å². The quantitative estimate of drug-likeness (QED) is 0.816. The number of rotatable bonds is 5. The molecule has 0 aliphatic carbocycles. The van der Waals surface area contributed by atoms with Gasteiger partial charge in [-0.05, 0) is 36.6 Å². The Bertz CT molecular complexity index is 808. The second-order valence-corrected chi connectivity index (χ2v) is 7.20. The van der Waals surface area contributed by atoms with Gasteiger partial charge in [0.05, 0.1) is 0 Å². The Morgan fingerprint density at radius 1 is 1.19 bits per heavy atom. The van der Waals surface area contributed by atoms with E-state index >= 15 is 0 Å². The maximum atomic E-state index is 13.9. The topological polar surface area (TPSA) is 64.4 Å². The van der Waals surface area contributed by atoms with Gasteiger partial charge in [0.1, 0.15) is 17.7 Å². The van der Waals surface area contributed by atoms with E-state index in [1.807, 2.05) is 24.3 Å². The molecular weight excluding hydrogens is 374 g/mol. The van der Waals surface area contributed by atoms with Crippen molar-refractivity contribution in [2.45, 2.75) is 24.3 Å². The van der Waals surface area contributed by atoms with Crippen LogP contribution in [0.15, 0.2) is 42.5 Å². The zero-order chi connectivity index (χ0) is 19.4. The maximum absolute atomic E-state index is 13.9. The third-order valence-electron chi connectivity index (χ3n) is 5.09. The number of benzene rings is 2. The smallest absolute Gasteiger partial charge is 0.241 e. The SMILES string of the molecule is NC(C(=O)NCC1(c2ccc(Cl)cc2)CCOCC1)c1ccc(F)cc1F. The van der Waals surface area contributed by atoms with Crippen LogP contribution in [-0.4, -0.2) is 25.7 Å². The highest BCUT2D eigenvalue weighted by molar-refractivity contribution is 6.30. The first-order chi connectivity index (χ1) is 12.9. The molecule has 3 rings (SSSR count). The first-order valence-electron chi connectivity index (χ1n) is 8.73. The third-order valence-corrected chi connectivity index (χ3v) is 5.34. The molecule has 0 bridgehead atoms. The summed E-state index contributed by atoms with van der Waals surface area (Å²) in [6, 6.07) is 9.30. The van der Waals surface area contributed by atoms with Crippen molar-refractivity contribution in [3.63, 3.8) is 0 Å². The van der Waals surface area contributed by atoms with Crippen molar-refractivity contribution in [3.05, 3.63) is 70.2 Å². The van der Waals surface area contributed by atoms with Crippen molar-refractivity contribution in [1.29, 1.82) is 0 Å². The van der Waals surface area contributed by atoms with Gasteiger partial charge in [-0.2, -0.15) is 0 Å². The average Bonchev–Trinajstić information content (AvgIpc) is 2.67. The van der Waals surface area contributed by atoms with E-state index in [1.54, 1.807) is 0 Å². The molecule has 2 aromatic rings. The average molecular weight is 395 g/mol. The minimum absolute atomic E-state index is 0.0404. The molecule has 0 aromatic heterocycles. The van der Waals surface area contributed by atoms with Crippen molar-refractivity contribution in [3.8, 4) is 0 Å². The largest absolute Gasteiger partial charge is 0.381 e. The van der Waals surface area contributed by atoms with Gasteiger partial charge < -0.3 is 15.8 Å². The molecule has 1 saturated heterocycles. The fourth-order valence-electron chi connectivity index (χ4n) is 3.39. The lowest BCUT2D eigenvalue weighted by molar-refractivity contribution is -0.123. The van der Waals surface area contributed by atoms with Crippen LogP contribution >= 0.6 is 11.6 Å². The summed E-state index contributed by atoms with van der Waals surface area (Å²) in [7, 11) is 0. The molecule has 1 heterocycles. The van der Waals surface area contributed by atoms with Crippen molar-refractivity contribution in [1.82, 2.24) is 5.32 Å². The van der Waals surface area contributed by atoms with Crippen LogP contribution in [0.25, 0.3) is 0 Å². The Labute approximate surface area is 161 Å². The predicted molar refractivity (Wildman–Crippen MR) is 99.5 cm³/mol. The predicted octanol–water partition coefficient (Wildman–Crippen LogP) is 3.48. The number of carbonyl (C=O) groups is 1. The summed E-state index contributed by atoms with van der Waals surface area (Å²) in [6.07, 6.45) is 1.46. The minimum Gasteiger partial charge on any atom is -0.381 e. The van der Waals surface area contributed by atoms with Crippen molar-refractivity contribution >= 4 is 17.5 Å². The first kappa shape index (κ1) is 19.7. The molecule has 1 atom stereocenters. The molecule has 1 fully saturated rings. The molecule has 1 amide bonds. The van der Waals surface area contributed by atoms with E-state index < -0.39 is 23.6 Å². The molecule has 0 radical (unpaired) electrons. The molecule has 144 valence electrons. The van der Waals surface area contributed by atoms with Crippen molar-refractivity contribution < 1.29 is 18.3 Å². The second-order valence-electron chi connectivity index (χ2n) is 6.76. The van der Waals surface area contributed by atoms with Gasteiger partial charge in [-0.15, -0.1) is 0 Å². The lowest BCUT2D eigenvalue weighted by Crippen LogP contribution is -2.46. The Morgan fingerprint density at radius 3 is 2.48 bits per heavy atom. The number of hydrogen-bond donors (Lipinski definition) is 2. The van der Waals surface area contributed by atoms with Gasteiger partial charge in [0.2, 0.25) is 5.91 Å². The fraction of sp³-hybridized carbons (Fsp3) is 0.350. The Hall–Kier alpha value is -2.02. The summed E-state index contributed by atoms with van der Waals surface area (Å²) in [5, 5.41) is 3.47. The summed E-state index contributed by atoms with van der Waals surface area (Å²) in [6.45, 7) is 1.50. The number of amides is 1. The Kier molecular flexibility index (Phi) is 6.09. The van der Waals surface area contributed by atoms with Crippen molar-refractivity contribution in [2.75, 3.05) is 19.8 Å². The van der Waals surface area contributed by atoms with Gasteiger partial charge in [0, 0.05) is 41.8 Å². The van der Waals surface area contributed by atoms with Gasteiger partial charge >= 0.3 is 0 Å². The normalized spacial score (nSPS) is 17.3. The molecule has 2 aromatic carbocycles. The molecule has 0 spiro atoms. The lowest BCUT2D eigenvalue weighted by Gasteiger charge is -2.38. The van der Waals surface area contributed by atoms with Gasteiger partial charge in [0.15, 0.2) is 0 Å². The van der Waals surface area contributed by atoms with Gasteiger partial charge in [-0.3, -0.25) is 4.79 Å². The summed E-state index contributed by atoms with van der Waals surface area (Å²) >= 11 is 5.99. The fourth-order valence-corrected chi connectivity index (χ4v) is 3.52. The van der Waals surface area contributed by atoms with Gasteiger partial charge in [0.25, 0.3) is 0 Å². The standard InChI is InChI=1S/C20H21ClF2N2O2/c21-14-3-1-13(2-4-14)20(7-9-27-10-8-20)12-25-19(26)18(24)16-6-5-15(22)11-17(16)23/h1-6,11,18H,7-10,12,24H2,(H,25,26). The number of nitrogens with one attached hydrogen (secondary N) is 1. The van der Waals surface area contributed by atoms with Crippen LogP contribution < -0.4 is 11.1 Å². The van der Waals surface area contributed by atoms with E-state index in [9.17, 15) is 13.6 Å². The number of hydrogen-bond acceptors (Lipinski definition) is 3. The highest BCUT2D eigenvalue weighted by atomic mass is 35.5. The van der Waals surface area contributed by atoms with Crippen LogP contribution in [0.3, 0.4) is 0 Å². The van der Waals surface area contributed by atoms with E-state index in [0.717, 1.165) is 30.5 Å². The number of ether oxygens (including phenoxy) is 1. The van der Waals surface area contributed by atoms with Gasteiger partial charge in [-0.25, -0.2) is 8.78 Å². The van der Waals surface area contributed by atoms with Crippen LogP contribution in [0.1, 0.15) is 30.0 Å². The molecule has 4 nitrogen and oxygen atoms in total. The van der Waals surface area contributed by atoms with E-state index in [4.69, 9.17) is 22.1 Å². The Morgan fingerprint density at radius 2 is 1.85 bits per heavy atom. The molecule has 7 heteroatoms. The highest BCUT2D eigenvalue weighted by Gasteiger charge is 2.35. The lowest BCUT2D eigenvalue weighted by atomic mass is 9.74. The zero-order valence-electron chi connectivity index (χ0n) is 14.7. The molecule has 1 aliphatic rings. The zero-order valence-corrected chi connectivity index (χ0v) is 15.4. The van der Waals surface area contributed by atoms with E-state index in [2.05, 4.69) is 5.32 Å². The minimum atomic E-state index is -1.22. The number of halogens is 3. The van der Waals surface area contributed by atoms with Crippen LogP contribution in [-0.2, 0) is 14.9 Å². The molecular formula is C20H21ClF2N2O2. The number of carbonyl (C=O) groups excluding carboxylic acids is 1. The summed E-state index contributed by atoms with van der Waals surface area (Å²) in [5.41, 5.74) is 6.60. The molecule has 1 unspecified atom stereocenters.